The summed E-state index contributed by atoms with van der Waals surface area (Å²) in [7, 11) is 4.98. The molecule has 0 bridgehead atoms. The standard InChI is InChI=1S/C24H32N2O4/c1-28-21-8-6-18(7-9-21)13-24(27)25-15-19-5-4-10-26(16-19)17-20-11-22(29-2)14-23(12-20)30-3/h6-9,11-12,14,19H,4-5,10,13,15-17H2,1-3H3,(H,25,27)/t19-/m1/s1. The van der Waals surface area contributed by atoms with Crippen LogP contribution in [0.25, 0.3) is 0 Å². The molecule has 1 aliphatic rings. The van der Waals surface area contributed by atoms with Crippen molar-refractivity contribution in [2.45, 2.75) is 25.8 Å². The molecule has 162 valence electrons. The molecule has 0 radical (unpaired) electrons. The van der Waals surface area contributed by atoms with Gasteiger partial charge >= 0.3 is 0 Å². The van der Waals surface area contributed by atoms with E-state index in [0.717, 1.165) is 55.3 Å². The number of hydrogen-bond donors (Lipinski definition) is 1. The first-order chi connectivity index (χ1) is 14.6. The Morgan fingerprint density at radius 3 is 2.27 bits per heavy atom. The van der Waals surface area contributed by atoms with Crippen LogP contribution in [0.1, 0.15) is 24.0 Å². The Hall–Kier alpha value is -2.73. The van der Waals surface area contributed by atoms with E-state index in [1.165, 1.54) is 5.56 Å². The zero-order valence-electron chi connectivity index (χ0n) is 18.1. The van der Waals surface area contributed by atoms with Gasteiger partial charge in [-0.2, -0.15) is 0 Å². The van der Waals surface area contributed by atoms with E-state index < -0.39 is 0 Å². The highest BCUT2D eigenvalue weighted by atomic mass is 16.5. The third kappa shape index (κ3) is 6.39. The Labute approximate surface area is 179 Å². The fourth-order valence-corrected chi connectivity index (χ4v) is 3.93. The summed E-state index contributed by atoms with van der Waals surface area (Å²) in [5, 5.41) is 3.11. The molecule has 1 amide bonds. The molecule has 2 aromatic carbocycles. The number of likely N-dealkylation sites (tertiary alicyclic amines) is 1. The number of piperidine rings is 1. The van der Waals surface area contributed by atoms with Crippen molar-refractivity contribution in [3.05, 3.63) is 53.6 Å². The molecule has 1 N–H and O–H groups in total. The maximum atomic E-state index is 12.3. The summed E-state index contributed by atoms with van der Waals surface area (Å²) in [4.78, 5) is 14.8. The minimum absolute atomic E-state index is 0.0647. The number of benzene rings is 2. The fourth-order valence-electron chi connectivity index (χ4n) is 3.93. The Balaban J connectivity index is 1.48. The molecule has 1 atom stereocenters. The largest absolute Gasteiger partial charge is 0.497 e. The predicted molar refractivity (Wildman–Crippen MR) is 117 cm³/mol. The summed E-state index contributed by atoms with van der Waals surface area (Å²) in [6, 6.07) is 13.6. The average Bonchev–Trinajstić information content (AvgIpc) is 2.78. The minimum atomic E-state index is 0.0647. The van der Waals surface area contributed by atoms with Gasteiger partial charge in [0.15, 0.2) is 0 Å². The van der Waals surface area contributed by atoms with Crippen molar-refractivity contribution >= 4 is 5.91 Å². The van der Waals surface area contributed by atoms with E-state index in [4.69, 9.17) is 14.2 Å². The van der Waals surface area contributed by atoms with Crippen molar-refractivity contribution < 1.29 is 19.0 Å². The quantitative estimate of drug-likeness (QED) is 0.685. The van der Waals surface area contributed by atoms with Crippen LogP contribution in [0.15, 0.2) is 42.5 Å². The van der Waals surface area contributed by atoms with E-state index in [2.05, 4.69) is 22.3 Å². The molecule has 6 heteroatoms. The maximum absolute atomic E-state index is 12.3. The number of ether oxygens (including phenoxy) is 3. The number of amides is 1. The second kappa shape index (κ2) is 10.9. The van der Waals surface area contributed by atoms with Gasteiger partial charge < -0.3 is 19.5 Å². The molecular weight excluding hydrogens is 380 g/mol. The third-order valence-corrected chi connectivity index (χ3v) is 5.53. The van der Waals surface area contributed by atoms with Gasteiger partial charge in [0, 0.05) is 25.7 Å². The van der Waals surface area contributed by atoms with Crippen LogP contribution in [0.2, 0.25) is 0 Å². The van der Waals surface area contributed by atoms with E-state index in [1.54, 1.807) is 21.3 Å². The number of methoxy groups -OCH3 is 3. The summed E-state index contributed by atoms with van der Waals surface area (Å²) in [6.07, 6.45) is 2.67. The SMILES string of the molecule is COc1ccc(CC(=O)NC[C@H]2CCCN(Cc3cc(OC)cc(OC)c3)C2)cc1. The van der Waals surface area contributed by atoms with Crippen LogP contribution in [-0.2, 0) is 17.8 Å². The normalized spacial score (nSPS) is 16.7. The van der Waals surface area contributed by atoms with Gasteiger partial charge in [0.25, 0.3) is 0 Å². The van der Waals surface area contributed by atoms with E-state index >= 15 is 0 Å². The molecule has 1 saturated heterocycles. The second-order valence-electron chi connectivity index (χ2n) is 7.79. The predicted octanol–water partition coefficient (Wildman–Crippen LogP) is 3.28. The Morgan fingerprint density at radius 1 is 0.967 bits per heavy atom. The van der Waals surface area contributed by atoms with E-state index in [1.807, 2.05) is 30.3 Å². The Kier molecular flexibility index (Phi) is 7.97. The first-order valence-electron chi connectivity index (χ1n) is 10.4. The smallest absolute Gasteiger partial charge is 0.224 e. The van der Waals surface area contributed by atoms with Crippen molar-refractivity contribution in [2.75, 3.05) is 41.0 Å². The lowest BCUT2D eigenvalue weighted by Crippen LogP contribution is -2.40. The van der Waals surface area contributed by atoms with Crippen molar-refractivity contribution in [1.29, 1.82) is 0 Å². The van der Waals surface area contributed by atoms with E-state index in [9.17, 15) is 4.79 Å². The lowest BCUT2D eigenvalue weighted by molar-refractivity contribution is -0.120. The van der Waals surface area contributed by atoms with Crippen LogP contribution in [0.3, 0.4) is 0 Å². The summed E-state index contributed by atoms with van der Waals surface area (Å²) < 4.78 is 15.9. The van der Waals surface area contributed by atoms with Gasteiger partial charge in [-0.05, 0) is 60.7 Å². The minimum Gasteiger partial charge on any atom is -0.497 e. The Morgan fingerprint density at radius 2 is 1.63 bits per heavy atom. The monoisotopic (exact) mass is 412 g/mol. The topological polar surface area (TPSA) is 60.0 Å². The highest BCUT2D eigenvalue weighted by Crippen LogP contribution is 2.25. The van der Waals surface area contributed by atoms with Crippen molar-refractivity contribution in [2.24, 2.45) is 5.92 Å². The van der Waals surface area contributed by atoms with Gasteiger partial charge in [-0.15, -0.1) is 0 Å². The lowest BCUT2D eigenvalue weighted by Gasteiger charge is -2.33. The zero-order valence-corrected chi connectivity index (χ0v) is 18.1. The molecule has 30 heavy (non-hydrogen) atoms. The van der Waals surface area contributed by atoms with Gasteiger partial charge in [0.2, 0.25) is 5.91 Å². The first kappa shape index (κ1) is 22.0. The van der Waals surface area contributed by atoms with Gasteiger partial charge in [-0.3, -0.25) is 9.69 Å². The lowest BCUT2D eigenvalue weighted by atomic mass is 9.97. The fraction of sp³-hybridized carbons (Fsp3) is 0.458. The molecule has 0 unspecified atom stereocenters. The van der Waals surface area contributed by atoms with Crippen LogP contribution >= 0.6 is 0 Å². The van der Waals surface area contributed by atoms with Crippen LogP contribution in [0.5, 0.6) is 17.2 Å². The highest BCUT2D eigenvalue weighted by molar-refractivity contribution is 5.78. The highest BCUT2D eigenvalue weighted by Gasteiger charge is 2.21. The molecule has 1 heterocycles. The Bertz CT molecular complexity index is 800. The molecule has 0 saturated carbocycles. The number of rotatable bonds is 9. The maximum Gasteiger partial charge on any atom is 0.224 e. The summed E-state index contributed by atoms with van der Waals surface area (Å²) in [5.74, 6) is 2.95. The molecule has 0 spiro atoms. The molecule has 2 aromatic rings. The molecule has 1 aliphatic heterocycles. The van der Waals surface area contributed by atoms with Crippen molar-refractivity contribution in [3.63, 3.8) is 0 Å². The van der Waals surface area contributed by atoms with Crippen molar-refractivity contribution in [1.82, 2.24) is 10.2 Å². The van der Waals surface area contributed by atoms with Crippen molar-refractivity contribution in [3.8, 4) is 17.2 Å². The molecule has 0 aromatic heterocycles. The first-order valence-corrected chi connectivity index (χ1v) is 10.4. The zero-order chi connectivity index (χ0) is 21.3. The number of carbonyl (C=O) groups excluding carboxylic acids is 1. The second-order valence-corrected chi connectivity index (χ2v) is 7.79. The number of carbonyl (C=O) groups is 1. The number of nitrogens with zero attached hydrogens (tertiary/aromatic N) is 1. The van der Waals surface area contributed by atoms with Gasteiger partial charge in [-0.25, -0.2) is 0 Å². The summed E-state index contributed by atoms with van der Waals surface area (Å²) in [5.41, 5.74) is 2.17. The molecule has 3 rings (SSSR count). The molecule has 0 aliphatic carbocycles. The van der Waals surface area contributed by atoms with Crippen LogP contribution < -0.4 is 19.5 Å². The summed E-state index contributed by atoms with van der Waals surface area (Å²) in [6.45, 7) is 3.61. The van der Waals surface area contributed by atoms with Gasteiger partial charge in [0.05, 0.1) is 27.8 Å². The van der Waals surface area contributed by atoms with E-state index in [0.29, 0.717) is 18.9 Å². The molecule has 6 nitrogen and oxygen atoms in total. The average molecular weight is 413 g/mol. The van der Waals surface area contributed by atoms with E-state index in [-0.39, 0.29) is 5.91 Å². The van der Waals surface area contributed by atoms with Crippen LogP contribution in [0.4, 0.5) is 0 Å². The number of nitrogens with one attached hydrogen (secondary N) is 1. The van der Waals surface area contributed by atoms with Crippen LogP contribution in [0, 0.1) is 5.92 Å². The summed E-state index contributed by atoms with van der Waals surface area (Å²) >= 11 is 0. The number of hydrogen-bond acceptors (Lipinski definition) is 5. The molecule has 1 fully saturated rings. The van der Waals surface area contributed by atoms with Gasteiger partial charge in [-0.1, -0.05) is 12.1 Å². The van der Waals surface area contributed by atoms with Gasteiger partial charge in [0.1, 0.15) is 17.2 Å². The third-order valence-electron chi connectivity index (χ3n) is 5.53. The molecular formula is C24H32N2O4. The van der Waals surface area contributed by atoms with Crippen LogP contribution in [-0.4, -0.2) is 51.8 Å².